The summed E-state index contributed by atoms with van der Waals surface area (Å²) in [6.07, 6.45) is 4.86. The Balaban J connectivity index is 2.36. The highest BCUT2D eigenvalue weighted by Gasteiger charge is 2.25. The van der Waals surface area contributed by atoms with Crippen molar-refractivity contribution in [2.75, 3.05) is 17.4 Å². The van der Waals surface area contributed by atoms with E-state index in [1.165, 1.54) is 24.3 Å². The van der Waals surface area contributed by atoms with Gasteiger partial charge >= 0.3 is 0 Å². The van der Waals surface area contributed by atoms with Gasteiger partial charge in [0.1, 0.15) is 0 Å². The van der Waals surface area contributed by atoms with Crippen LogP contribution < -0.4 is 5.32 Å². The number of amides is 1. The average Bonchev–Trinajstić information content (AvgIpc) is 2.30. The van der Waals surface area contributed by atoms with E-state index in [1.54, 1.807) is 0 Å². The van der Waals surface area contributed by atoms with Crippen LogP contribution in [0.1, 0.15) is 46.0 Å². The molecule has 0 radical (unpaired) electrons. The van der Waals surface area contributed by atoms with Gasteiger partial charge in [-0.3, -0.25) is 4.79 Å². The zero-order valence-electron chi connectivity index (χ0n) is 10.9. The Morgan fingerprint density at radius 2 is 2.12 bits per heavy atom. The van der Waals surface area contributed by atoms with Crippen molar-refractivity contribution in [3.05, 3.63) is 0 Å². The number of halogens is 1. The lowest BCUT2D eigenvalue weighted by Crippen LogP contribution is -2.46. The number of hydrogen-bond acceptors (Lipinski definition) is 2. The molecule has 2 nitrogen and oxygen atoms in total. The van der Waals surface area contributed by atoms with Gasteiger partial charge in [-0.05, 0) is 50.0 Å². The maximum Gasteiger partial charge on any atom is 0.220 e. The molecule has 4 heteroatoms. The quantitative estimate of drug-likeness (QED) is 0.754. The maximum absolute atomic E-state index is 12.0. The normalized spacial score (nSPS) is 20.9. The van der Waals surface area contributed by atoms with Gasteiger partial charge in [0.2, 0.25) is 5.91 Å². The Kier molecular flexibility index (Phi) is 6.71. The third-order valence-corrected chi connectivity index (χ3v) is 4.92. The number of carbonyl (C=O) groups excluding carboxylic acids is 1. The summed E-state index contributed by atoms with van der Waals surface area (Å²) in [6, 6.07) is 0. The second-order valence-corrected chi connectivity index (χ2v) is 6.76. The molecule has 0 aromatic rings. The van der Waals surface area contributed by atoms with Crippen molar-refractivity contribution in [2.24, 2.45) is 5.92 Å². The maximum atomic E-state index is 12.0. The fourth-order valence-corrected chi connectivity index (χ4v) is 3.76. The molecule has 0 aliphatic carbocycles. The molecule has 1 aliphatic rings. The van der Waals surface area contributed by atoms with Gasteiger partial charge in [0.25, 0.3) is 0 Å². The van der Waals surface area contributed by atoms with E-state index in [2.05, 4.69) is 19.2 Å². The van der Waals surface area contributed by atoms with Gasteiger partial charge in [0.15, 0.2) is 0 Å². The molecular weight excluding hydrogens is 254 g/mol. The van der Waals surface area contributed by atoms with Crippen molar-refractivity contribution in [1.29, 1.82) is 0 Å². The zero-order valence-corrected chi connectivity index (χ0v) is 12.5. The van der Waals surface area contributed by atoms with Gasteiger partial charge in [-0.2, -0.15) is 11.8 Å². The SMILES string of the molecule is CCC(C)(CCCl)NC(=O)CC1CCSCC1. The minimum atomic E-state index is -0.123. The lowest BCUT2D eigenvalue weighted by molar-refractivity contribution is -0.123. The summed E-state index contributed by atoms with van der Waals surface area (Å²) in [5.74, 6) is 3.82. The molecule has 1 N–H and O–H groups in total. The number of alkyl halides is 1. The molecule has 0 aromatic heterocycles. The predicted octanol–water partition coefficient (Wildman–Crippen LogP) is 3.43. The smallest absolute Gasteiger partial charge is 0.220 e. The predicted molar refractivity (Wildman–Crippen MR) is 76.8 cm³/mol. The first-order chi connectivity index (χ1) is 8.09. The van der Waals surface area contributed by atoms with Crippen molar-refractivity contribution in [1.82, 2.24) is 5.32 Å². The molecule has 0 aromatic carbocycles. The summed E-state index contributed by atoms with van der Waals surface area (Å²) >= 11 is 7.79. The summed E-state index contributed by atoms with van der Waals surface area (Å²) in [7, 11) is 0. The summed E-state index contributed by atoms with van der Waals surface area (Å²) in [4.78, 5) is 12.0. The molecule has 0 saturated carbocycles. The minimum Gasteiger partial charge on any atom is -0.351 e. The van der Waals surface area contributed by atoms with Crippen LogP contribution in [0.5, 0.6) is 0 Å². The summed E-state index contributed by atoms with van der Waals surface area (Å²) in [5, 5.41) is 3.16. The van der Waals surface area contributed by atoms with Crippen molar-refractivity contribution >= 4 is 29.3 Å². The first kappa shape index (κ1) is 15.2. The molecule has 1 atom stereocenters. The fourth-order valence-electron chi connectivity index (χ4n) is 2.14. The van der Waals surface area contributed by atoms with Crippen LogP contribution in [-0.2, 0) is 4.79 Å². The number of thioether (sulfide) groups is 1. The molecule has 1 rings (SSSR count). The molecule has 1 aliphatic heterocycles. The summed E-state index contributed by atoms with van der Waals surface area (Å²) in [5.41, 5.74) is -0.123. The van der Waals surface area contributed by atoms with E-state index in [0.717, 1.165) is 12.8 Å². The Morgan fingerprint density at radius 3 is 2.65 bits per heavy atom. The van der Waals surface area contributed by atoms with E-state index in [0.29, 0.717) is 18.2 Å². The van der Waals surface area contributed by atoms with Crippen LogP contribution in [0, 0.1) is 5.92 Å². The Labute approximate surface area is 114 Å². The largest absolute Gasteiger partial charge is 0.351 e. The van der Waals surface area contributed by atoms with Gasteiger partial charge < -0.3 is 5.32 Å². The molecule has 1 amide bonds. The molecular formula is C13H24ClNOS. The second kappa shape index (κ2) is 7.52. The summed E-state index contributed by atoms with van der Waals surface area (Å²) < 4.78 is 0. The van der Waals surface area contributed by atoms with Gasteiger partial charge in [-0.25, -0.2) is 0 Å². The van der Waals surface area contributed by atoms with E-state index >= 15 is 0 Å². The highest BCUT2D eigenvalue weighted by atomic mass is 35.5. The third-order valence-electron chi connectivity index (χ3n) is 3.68. The van der Waals surface area contributed by atoms with Crippen LogP contribution in [0.25, 0.3) is 0 Å². The number of nitrogens with one attached hydrogen (secondary N) is 1. The first-order valence-corrected chi connectivity index (χ1v) is 8.23. The topological polar surface area (TPSA) is 29.1 Å². The van der Waals surface area contributed by atoms with E-state index in [1.807, 2.05) is 11.8 Å². The van der Waals surface area contributed by atoms with Crippen molar-refractivity contribution in [3.63, 3.8) is 0 Å². The van der Waals surface area contributed by atoms with Crippen molar-refractivity contribution in [2.45, 2.75) is 51.5 Å². The minimum absolute atomic E-state index is 0.123. The summed E-state index contributed by atoms with van der Waals surface area (Å²) in [6.45, 7) is 4.19. The Hall–Kier alpha value is 0.110. The van der Waals surface area contributed by atoms with E-state index < -0.39 is 0 Å². The molecule has 0 bridgehead atoms. The Bertz CT molecular complexity index is 244. The lowest BCUT2D eigenvalue weighted by atomic mass is 9.93. The number of carbonyl (C=O) groups is 1. The van der Waals surface area contributed by atoms with Gasteiger partial charge in [0, 0.05) is 17.8 Å². The second-order valence-electron chi connectivity index (χ2n) is 5.16. The molecule has 1 heterocycles. The standard InChI is InChI=1S/C13H24ClNOS/c1-3-13(2,6-7-14)15-12(16)10-11-4-8-17-9-5-11/h11H,3-10H2,1-2H3,(H,15,16). The molecule has 1 saturated heterocycles. The first-order valence-electron chi connectivity index (χ1n) is 6.54. The van der Waals surface area contributed by atoms with Crippen LogP contribution in [0.4, 0.5) is 0 Å². The fraction of sp³-hybridized carbons (Fsp3) is 0.923. The molecule has 17 heavy (non-hydrogen) atoms. The van der Waals surface area contributed by atoms with E-state index in [9.17, 15) is 4.79 Å². The van der Waals surface area contributed by atoms with Crippen molar-refractivity contribution in [3.8, 4) is 0 Å². The highest BCUT2D eigenvalue weighted by Crippen LogP contribution is 2.25. The van der Waals surface area contributed by atoms with E-state index in [4.69, 9.17) is 11.6 Å². The van der Waals surface area contributed by atoms with Gasteiger partial charge in [-0.15, -0.1) is 11.6 Å². The zero-order chi connectivity index (χ0) is 12.7. The Morgan fingerprint density at radius 1 is 1.47 bits per heavy atom. The third kappa shape index (κ3) is 5.52. The molecule has 1 unspecified atom stereocenters. The lowest BCUT2D eigenvalue weighted by Gasteiger charge is -2.30. The van der Waals surface area contributed by atoms with Crippen molar-refractivity contribution < 1.29 is 4.79 Å². The van der Waals surface area contributed by atoms with Gasteiger partial charge in [-0.1, -0.05) is 6.92 Å². The van der Waals surface area contributed by atoms with Crippen LogP contribution in [-0.4, -0.2) is 28.8 Å². The number of hydrogen-bond donors (Lipinski definition) is 1. The average molecular weight is 278 g/mol. The van der Waals surface area contributed by atoms with Crippen LogP contribution >= 0.6 is 23.4 Å². The molecule has 100 valence electrons. The molecule has 1 fully saturated rings. The highest BCUT2D eigenvalue weighted by molar-refractivity contribution is 7.99. The van der Waals surface area contributed by atoms with Crippen LogP contribution in [0.15, 0.2) is 0 Å². The van der Waals surface area contributed by atoms with Crippen LogP contribution in [0.2, 0.25) is 0 Å². The van der Waals surface area contributed by atoms with Gasteiger partial charge in [0.05, 0.1) is 0 Å². The van der Waals surface area contributed by atoms with Crippen LogP contribution in [0.3, 0.4) is 0 Å². The monoisotopic (exact) mass is 277 g/mol. The van der Waals surface area contributed by atoms with E-state index in [-0.39, 0.29) is 11.4 Å². The molecule has 0 spiro atoms. The number of rotatable bonds is 6.